The number of halogens is 2. The molecule has 1 aromatic heterocycles. The van der Waals surface area contributed by atoms with Crippen molar-refractivity contribution in [1.29, 1.82) is 0 Å². The maximum absolute atomic E-state index is 13.9. The fraction of sp³-hybridized carbons (Fsp3) is 0.441. The van der Waals surface area contributed by atoms with Crippen molar-refractivity contribution >= 4 is 63.5 Å². The Labute approximate surface area is 277 Å². The molecule has 1 aliphatic carbocycles. The van der Waals surface area contributed by atoms with Gasteiger partial charge in [0.25, 0.3) is 11.8 Å². The molecule has 1 saturated heterocycles. The van der Waals surface area contributed by atoms with E-state index in [2.05, 4.69) is 26.3 Å². The van der Waals surface area contributed by atoms with E-state index >= 15 is 0 Å². The van der Waals surface area contributed by atoms with Crippen LogP contribution in [0, 0.1) is 11.8 Å². The van der Waals surface area contributed by atoms with Gasteiger partial charge in [0.05, 0.1) is 11.1 Å². The Morgan fingerprint density at radius 2 is 1.63 bits per heavy atom. The van der Waals surface area contributed by atoms with Crippen molar-refractivity contribution < 1.29 is 24.0 Å². The largest absolute Gasteiger partial charge is 0.356 e. The lowest BCUT2D eigenvalue weighted by Gasteiger charge is -2.29. The summed E-state index contributed by atoms with van der Waals surface area (Å²) in [5, 5.41) is 12.5. The highest BCUT2D eigenvalue weighted by Gasteiger charge is 2.35. The summed E-state index contributed by atoms with van der Waals surface area (Å²) in [6.07, 6.45) is 6.64. The lowest BCUT2D eigenvalue weighted by molar-refractivity contribution is -0.141. The topological polar surface area (TPSA) is 149 Å². The van der Waals surface area contributed by atoms with Gasteiger partial charge >= 0.3 is 0 Å². The first-order valence-corrected chi connectivity index (χ1v) is 16.7. The molecule has 244 valence electrons. The van der Waals surface area contributed by atoms with Gasteiger partial charge in [0.15, 0.2) is 0 Å². The Bertz CT molecular complexity index is 1590. The Balaban J connectivity index is 1.35. The Morgan fingerprint density at radius 1 is 0.870 bits per heavy atom. The average Bonchev–Trinajstić information content (AvgIpc) is 3.49. The van der Waals surface area contributed by atoms with E-state index in [1.807, 2.05) is 30.3 Å². The number of nitrogens with one attached hydrogen (secondary N) is 5. The highest BCUT2D eigenvalue weighted by molar-refractivity contribution is 6.39. The maximum atomic E-state index is 13.9. The third-order valence-electron chi connectivity index (χ3n) is 8.88. The third kappa shape index (κ3) is 8.67. The van der Waals surface area contributed by atoms with Gasteiger partial charge in [-0.25, -0.2) is 0 Å². The molecule has 3 atom stereocenters. The van der Waals surface area contributed by atoms with Crippen LogP contribution in [0.5, 0.6) is 0 Å². The number of H-pyrrole nitrogens is 1. The molecule has 4 amide bonds. The number of aromatic nitrogens is 1. The molecule has 0 radical (unpaired) electrons. The van der Waals surface area contributed by atoms with E-state index in [4.69, 9.17) is 23.2 Å². The highest BCUT2D eigenvalue weighted by Crippen LogP contribution is 2.30. The number of amides is 4. The first kappa shape index (κ1) is 33.5. The molecule has 5 rings (SSSR count). The fourth-order valence-corrected chi connectivity index (χ4v) is 6.93. The van der Waals surface area contributed by atoms with E-state index in [-0.39, 0.29) is 30.5 Å². The van der Waals surface area contributed by atoms with Gasteiger partial charge in [-0.3, -0.25) is 24.0 Å². The van der Waals surface area contributed by atoms with Crippen LogP contribution in [0.4, 0.5) is 0 Å². The van der Waals surface area contributed by atoms with Gasteiger partial charge in [-0.2, -0.15) is 0 Å². The van der Waals surface area contributed by atoms with Crippen molar-refractivity contribution in [2.75, 3.05) is 6.54 Å². The van der Waals surface area contributed by atoms with E-state index in [0.29, 0.717) is 40.3 Å². The van der Waals surface area contributed by atoms with Crippen LogP contribution in [-0.2, 0) is 25.7 Å². The first-order valence-electron chi connectivity index (χ1n) is 15.9. The summed E-state index contributed by atoms with van der Waals surface area (Å²) >= 11 is 12.5. The monoisotopic (exact) mass is 667 g/mol. The number of benzene rings is 2. The van der Waals surface area contributed by atoms with Gasteiger partial charge in [0.1, 0.15) is 11.7 Å². The van der Waals surface area contributed by atoms with Crippen LogP contribution in [0.1, 0.15) is 73.8 Å². The van der Waals surface area contributed by atoms with Crippen molar-refractivity contribution in [2.24, 2.45) is 11.8 Å². The molecule has 0 spiro atoms. The molecule has 1 saturated carbocycles. The summed E-state index contributed by atoms with van der Waals surface area (Å²) in [6.45, 7) is 0.675. The predicted molar refractivity (Wildman–Crippen MR) is 176 cm³/mol. The van der Waals surface area contributed by atoms with Gasteiger partial charge < -0.3 is 26.3 Å². The van der Waals surface area contributed by atoms with Crippen LogP contribution in [0.15, 0.2) is 48.5 Å². The summed E-state index contributed by atoms with van der Waals surface area (Å²) in [5.74, 6) is -3.35. The number of hydrogen-bond acceptors (Lipinski definition) is 5. The summed E-state index contributed by atoms with van der Waals surface area (Å²) in [7, 11) is 0. The number of ketones is 1. The minimum atomic E-state index is -1.25. The van der Waals surface area contributed by atoms with Crippen LogP contribution in [-0.4, -0.2) is 53.0 Å². The lowest BCUT2D eigenvalue weighted by Crippen LogP contribution is -2.55. The van der Waals surface area contributed by atoms with Crippen LogP contribution in [0.25, 0.3) is 10.9 Å². The molecule has 0 unspecified atom stereocenters. The summed E-state index contributed by atoms with van der Waals surface area (Å²) in [5.41, 5.74) is 1.59. The standard InChI is InChI=1S/C34H39Cl2N5O5/c35-23-16-25(36)24-18-29(39-26(24)17-23)33(45)41-28(14-20-8-3-1-4-9-20)32(44)40-27(15-22-12-7-13-37-31(22)43)30(42)34(46)38-19-21-10-5-2-6-11-21/h2,5-6,10-11,16-18,20,22,27-28,39H,1,3-4,7-9,12-15,19H2,(H,37,43)(H,38,46)(H,40,44)(H,41,45)/t22-,27-,28-/m0/s1. The molecule has 10 nitrogen and oxygen atoms in total. The Morgan fingerprint density at radius 3 is 2.37 bits per heavy atom. The second-order valence-electron chi connectivity index (χ2n) is 12.3. The molecular formula is C34H39Cl2N5O5. The quantitative estimate of drug-likeness (QED) is 0.175. The number of carbonyl (C=O) groups is 5. The van der Waals surface area contributed by atoms with Crippen LogP contribution in [0.3, 0.4) is 0 Å². The maximum Gasteiger partial charge on any atom is 0.289 e. The number of Topliss-reactive ketones (excluding diaryl/α,β-unsaturated/α-hetero) is 1. The van der Waals surface area contributed by atoms with Gasteiger partial charge in [-0.1, -0.05) is 85.6 Å². The number of piperidine rings is 1. The van der Waals surface area contributed by atoms with Gasteiger partial charge in [-0.05, 0) is 55.4 Å². The lowest BCUT2D eigenvalue weighted by atomic mass is 9.84. The van der Waals surface area contributed by atoms with Gasteiger partial charge in [0.2, 0.25) is 17.6 Å². The minimum Gasteiger partial charge on any atom is -0.356 e. The van der Waals surface area contributed by atoms with Crippen LogP contribution in [0.2, 0.25) is 10.0 Å². The number of aromatic amines is 1. The first-order chi connectivity index (χ1) is 22.2. The van der Waals surface area contributed by atoms with Crippen molar-refractivity contribution in [1.82, 2.24) is 26.3 Å². The highest BCUT2D eigenvalue weighted by atomic mass is 35.5. The molecule has 2 fully saturated rings. The summed E-state index contributed by atoms with van der Waals surface area (Å²) < 4.78 is 0. The van der Waals surface area contributed by atoms with E-state index in [9.17, 15) is 24.0 Å². The molecule has 2 aliphatic rings. The molecule has 46 heavy (non-hydrogen) atoms. The SMILES string of the molecule is O=C(NCc1ccccc1)C(=O)[C@H](C[C@@H]1CCCNC1=O)NC(=O)[C@H](CC1CCCCC1)NC(=O)c1cc2c(Cl)cc(Cl)cc2[nH]1. The average molecular weight is 669 g/mol. The Hall–Kier alpha value is -3.89. The molecule has 2 heterocycles. The van der Waals surface area contributed by atoms with Gasteiger partial charge in [-0.15, -0.1) is 0 Å². The van der Waals surface area contributed by atoms with E-state index < -0.39 is 41.5 Å². The second-order valence-corrected chi connectivity index (χ2v) is 13.1. The molecule has 1 aliphatic heterocycles. The van der Waals surface area contributed by atoms with E-state index in [1.54, 1.807) is 18.2 Å². The zero-order valence-corrected chi connectivity index (χ0v) is 27.0. The second kappa shape index (κ2) is 15.6. The number of fused-ring (bicyclic) bond motifs is 1. The smallest absolute Gasteiger partial charge is 0.289 e. The molecule has 3 aromatic rings. The Kier molecular flexibility index (Phi) is 11.4. The number of carbonyl (C=O) groups excluding carboxylic acids is 5. The molecule has 0 bridgehead atoms. The summed E-state index contributed by atoms with van der Waals surface area (Å²) in [4.78, 5) is 69.6. The molecular weight excluding hydrogens is 629 g/mol. The van der Waals surface area contributed by atoms with Crippen molar-refractivity contribution in [2.45, 2.75) is 76.4 Å². The predicted octanol–water partition coefficient (Wildman–Crippen LogP) is 4.83. The van der Waals surface area contributed by atoms with Crippen LogP contribution < -0.4 is 21.3 Å². The minimum absolute atomic E-state index is 0.0272. The van der Waals surface area contributed by atoms with Crippen LogP contribution >= 0.6 is 23.2 Å². The number of rotatable bonds is 12. The normalized spacial score (nSPS) is 18.3. The molecule has 2 aromatic carbocycles. The summed E-state index contributed by atoms with van der Waals surface area (Å²) in [6, 6.07) is 11.8. The van der Waals surface area contributed by atoms with Crippen molar-refractivity contribution in [3.63, 3.8) is 0 Å². The zero-order chi connectivity index (χ0) is 32.6. The van der Waals surface area contributed by atoms with Crippen molar-refractivity contribution in [3.8, 4) is 0 Å². The zero-order valence-electron chi connectivity index (χ0n) is 25.5. The fourth-order valence-electron chi connectivity index (χ4n) is 6.38. The van der Waals surface area contributed by atoms with E-state index in [1.165, 1.54) is 0 Å². The molecule has 5 N–H and O–H groups in total. The van der Waals surface area contributed by atoms with Crippen molar-refractivity contribution in [3.05, 3.63) is 69.8 Å². The number of hydrogen-bond donors (Lipinski definition) is 5. The van der Waals surface area contributed by atoms with E-state index in [0.717, 1.165) is 44.1 Å². The molecule has 12 heteroatoms. The van der Waals surface area contributed by atoms with Gasteiger partial charge in [0, 0.05) is 34.9 Å². The third-order valence-corrected chi connectivity index (χ3v) is 9.42.